The summed E-state index contributed by atoms with van der Waals surface area (Å²) < 4.78 is 5.69. The summed E-state index contributed by atoms with van der Waals surface area (Å²) in [4.78, 5) is 4.41. The van der Waals surface area contributed by atoms with Crippen LogP contribution in [0.15, 0.2) is 46.9 Å². The molecule has 0 bridgehead atoms. The van der Waals surface area contributed by atoms with Crippen LogP contribution in [0.5, 0.6) is 0 Å². The molecule has 0 aliphatic carbocycles. The second kappa shape index (κ2) is 5.11. The van der Waals surface area contributed by atoms with Gasteiger partial charge in [-0.2, -0.15) is 0 Å². The Bertz CT molecular complexity index is 783. The molecular weight excluding hydrogens is 294 g/mol. The molecule has 0 unspecified atom stereocenters. The number of nitrogens with one attached hydrogen (secondary N) is 1. The van der Waals surface area contributed by atoms with Crippen molar-refractivity contribution in [3.05, 3.63) is 47.5 Å². The van der Waals surface area contributed by atoms with E-state index in [-0.39, 0.29) is 5.11 Å². The fourth-order valence-corrected chi connectivity index (χ4v) is 2.15. The molecule has 0 atom stereocenters. The van der Waals surface area contributed by atoms with Crippen LogP contribution in [0.1, 0.15) is 0 Å². The first-order chi connectivity index (χ1) is 9.61. The van der Waals surface area contributed by atoms with Gasteiger partial charge in [0.05, 0.1) is 0 Å². The van der Waals surface area contributed by atoms with Crippen molar-refractivity contribution in [2.75, 3.05) is 5.32 Å². The highest BCUT2D eigenvalue weighted by molar-refractivity contribution is 7.80. The fraction of sp³-hybridized carbons (Fsp3) is 0. The molecule has 0 spiro atoms. The summed E-state index contributed by atoms with van der Waals surface area (Å²) in [5, 5.41) is 3.72. The van der Waals surface area contributed by atoms with Crippen molar-refractivity contribution >= 4 is 45.7 Å². The zero-order valence-electron chi connectivity index (χ0n) is 10.3. The molecule has 0 aliphatic rings. The quantitative estimate of drug-likeness (QED) is 0.705. The second-order valence-electron chi connectivity index (χ2n) is 4.20. The van der Waals surface area contributed by atoms with Gasteiger partial charge in [0, 0.05) is 16.3 Å². The summed E-state index contributed by atoms with van der Waals surface area (Å²) in [7, 11) is 0. The third-order valence-electron chi connectivity index (χ3n) is 2.75. The van der Waals surface area contributed by atoms with Crippen LogP contribution >= 0.6 is 23.8 Å². The molecule has 20 heavy (non-hydrogen) atoms. The van der Waals surface area contributed by atoms with E-state index >= 15 is 0 Å². The topological polar surface area (TPSA) is 64.1 Å². The number of hydrogen-bond acceptors (Lipinski definition) is 3. The zero-order valence-corrected chi connectivity index (χ0v) is 11.8. The molecule has 3 rings (SSSR count). The summed E-state index contributed by atoms with van der Waals surface area (Å²) in [6.07, 6.45) is 0. The molecule has 0 radical (unpaired) electrons. The molecule has 100 valence electrons. The predicted octanol–water partition coefficient (Wildman–Crippen LogP) is 3.80. The van der Waals surface area contributed by atoms with E-state index in [9.17, 15) is 0 Å². The number of aromatic nitrogens is 1. The van der Waals surface area contributed by atoms with E-state index in [1.165, 1.54) is 0 Å². The number of benzene rings is 2. The lowest BCUT2D eigenvalue weighted by Crippen LogP contribution is -2.18. The van der Waals surface area contributed by atoms with Gasteiger partial charge in [-0.3, -0.25) is 0 Å². The lowest BCUT2D eigenvalue weighted by Gasteiger charge is -2.03. The first-order valence-electron chi connectivity index (χ1n) is 5.85. The highest BCUT2D eigenvalue weighted by Crippen LogP contribution is 2.26. The molecular formula is C14H10ClN3OS. The van der Waals surface area contributed by atoms with Crippen molar-refractivity contribution in [3.8, 4) is 11.5 Å². The number of nitrogens with zero attached hydrogens (tertiary/aromatic N) is 1. The fourth-order valence-electron chi connectivity index (χ4n) is 1.86. The number of thiocarbonyl (C=S) groups is 1. The molecule has 6 heteroatoms. The maximum atomic E-state index is 5.93. The minimum atomic E-state index is 0.231. The van der Waals surface area contributed by atoms with Gasteiger partial charge < -0.3 is 15.5 Å². The van der Waals surface area contributed by atoms with E-state index in [2.05, 4.69) is 10.3 Å². The maximum Gasteiger partial charge on any atom is 0.227 e. The van der Waals surface area contributed by atoms with Gasteiger partial charge in [0.25, 0.3) is 0 Å². The van der Waals surface area contributed by atoms with Gasteiger partial charge in [-0.05, 0) is 54.7 Å². The Kier molecular flexibility index (Phi) is 3.30. The van der Waals surface area contributed by atoms with Gasteiger partial charge in [0.1, 0.15) is 5.52 Å². The molecule has 1 heterocycles. The second-order valence-corrected chi connectivity index (χ2v) is 5.07. The van der Waals surface area contributed by atoms with Crippen molar-refractivity contribution < 1.29 is 4.42 Å². The number of anilines is 1. The summed E-state index contributed by atoms with van der Waals surface area (Å²) in [6.45, 7) is 0. The highest BCUT2D eigenvalue weighted by atomic mass is 35.5. The van der Waals surface area contributed by atoms with E-state index in [1.807, 2.05) is 24.3 Å². The third-order valence-corrected chi connectivity index (χ3v) is 3.09. The smallest absolute Gasteiger partial charge is 0.227 e. The number of oxazole rings is 1. The predicted molar refractivity (Wildman–Crippen MR) is 84.9 cm³/mol. The van der Waals surface area contributed by atoms with Crippen molar-refractivity contribution in [2.24, 2.45) is 5.73 Å². The summed E-state index contributed by atoms with van der Waals surface area (Å²) in [5.74, 6) is 0.546. The van der Waals surface area contributed by atoms with Crippen molar-refractivity contribution in [1.82, 2.24) is 4.98 Å². The number of rotatable bonds is 2. The van der Waals surface area contributed by atoms with Crippen molar-refractivity contribution in [2.45, 2.75) is 0 Å². The SMILES string of the molecule is NC(=S)Nc1ccc(-c2nc3cc(Cl)ccc3o2)cc1. The van der Waals surface area contributed by atoms with Gasteiger partial charge in [0.15, 0.2) is 10.7 Å². The van der Waals surface area contributed by atoms with Crippen LogP contribution in [0.4, 0.5) is 5.69 Å². The zero-order chi connectivity index (χ0) is 14.1. The van der Waals surface area contributed by atoms with E-state index < -0.39 is 0 Å². The lowest BCUT2D eigenvalue weighted by molar-refractivity contribution is 0.620. The average Bonchev–Trinajstić information content (AvgIpc) is 2.81. The first-order valence-corrected chi connectivity index (χ1v) is 6.63. The number of fused-ring (bicyclic) bond motifs is 1. The largest absolute Gasteiger partial charge is 0.436 e. The third kappa shape index (κ3) is 2.59. The van der Waals surface area contributed by atoms with Crippen molar-refractivity contribution in [1.29, 1.82) is 0 Å². The maximum absolute atomic E-state index is 5.93. The van der Waals surface area contributed by atoms with Gasteiger partial charge in [-0.25, -0.2) is 4.98 Å². The summed E-state index contributed by atoms with van der Waals surface area (Å²) in [6, 6.07) is 12.8. The standard InChI is InChI=1S/C14H10ClN3OS/c15-9-3-6-12-11(7-9)18-13(19-12)8-1-4-10(5-2-8)17-14(16)20/h1-7H,(H3,16,17,20). The van der Waals surface area contributed by atoms with Crippen LogP contribution in [0.2, 0.25) is 5.02 Å². The molecule has 4 nitrogen and oxygen atoms in total. The molecule has 0 saturated carbocycles. The monoisotopic (exact) mass is 303 g/mol. The molecule has 3 aromatic rings. The van der Waals surface area contributed by atoms with E-state index in [4.69, 9.17) is 34.0 Å². The summed E-state index contributed by atoms with van der Waals surface area (Å²) >= 11 is 10.7. The molecule has 0 fully saturated rings. The summed E-state index contributed by atoms with van der Waals surface area (Å²) in [5.41, 5.74) is 8.54. The van der Waals surface area contributed by atoms with Crippen LogP contribution in [0.3, 0.4) is 0 Å². The Balaban J connectivity index is 1.96. The van der Waals surface area contributed by atoms with E-state index in [0.29, 0.717) is 16.5 Å². The Labute approximate surface area is 125 Å². The molecule has 0 aliphatic heterocycles. The number of halogens is 1. The Hall–Kier alpha value is -2.11. The van der Waals surface area contributed by atoms with Crippen LogP contribution in [-0.4, -0.2) is 10.1 Å². The Morgan fingerprint density at radius 2 is 1.95 bits per heavy atom. The number of hydrogen-bond donors (Lipinski definition) is 2. The van der Waals surface area contributed by atoms with E-state index in [1.54, 1.807) is 18.2 Å². The van der Waals surface area contributed by atoms with Crippen LogP contribution < -0.4 is 11.1 Å². The van der Waals surface area contributed by atoms with Crippen molar-refractivity contribution in [3.63, 3.8) is 0 Å². The first kappa shape index (κ1) is 12.9. The lowest BCUT2D eigenvalue weighted by atomic mass is 10.2. The molecule has 0 amide bonds. The van der Waals surface area contributed by atoms with Crippen LogP contribution in [0, 0.1) is 0 Å². The minimum absolute atomic E-state index is 0.231. The Morgan fingerprint density at radius 3 is 2.65 bits per heavy atom. The van der Waals surface area contributed by atoms with Crippen LogP contribution in [-0.2, 0) is 0 Å². The molecule has 0 saturated heterocycles. The van der Waals surface area contributed by atoms with Gasteiger partial charge in [-0.15, -0.1) is 0 Å². The van der Waals surface area contributed by atoms with Gasteiger partial charge in [-0.1, -0.05) is 11.6 Å². The normalized spacial score (nSPS) is 10.7. The van der Waals surface area contributed by atoms with Gasteiger partial charge in [0.2, 0.25) is 5.89 Å². The average molecular weight is 304 g/mol. The Morgan fingerprint density at radius 1 is 1.20 bits per heavy atom. The number of nitrogens with two attached hydrogens (primary N) is 1. The molecule has 1 aromatic heterocycles. The molecule has 2 aromatic carbocycles. The highest BCUT2D eigenvalue weighted by Gasteiger charge is 2.08. The van der Waals surface area contributed by atoms with Gasteiger partial charge >= 0.3 is 0 Å². The molecule has 3 N–H and O–H groups in total. The minimum Gasteiger partial charge on any atom is -0.436 e. The van der Waals surface area contributed by atoms with Crippen LogP contribution in [0.25, 0.3) is 22.6 Å². The van der Waals surface area contributed by atoms with E-state index in [0.717, 1.165) is 16.8 Å².